The predicted molar refractivity (Wildman–Crippen MR) is 82.5 cm³/mol. The summed E-state index contributed by atoms with van der Waals surface area (Å²) in [5.41, 5.74) is 0.462. The molecule has 2 rings (SSSR count). The molecule has 0 radical (unpaired) electrons. The van der Waals surface area contributed by atoms with E-state index in [0.29, 0.717) is 19.6 Å². The van der Waals surface area contributed by atoms with Crippen molar-refractivity contribution < 1.29 is 19.1 Å². The third-order valence-electron chi connectivity index (χ3n) is 3.32. The van der Waals surface area contributed by atoms with Crippen LogP contribution in [0.2, 0.25) is 0 Å². The topological polar surface area (TPSA) is 55.8 Å². The third-order valence-corrected chi connectivity index (χ3v) is 3.32. The number of Topliss-reactive ketones (excluding diaryl/α,β-unsaturated/α-hetero) is 1. The van der Waals surface area contributed by atoms with Crippen LogP contribution in [0.3, 0.4) is 0 Å². The van der Waals surface area contributed by atoms with E-state index in [1.54, 1.807) is 4.90 Å². The average molecular weight is 305 g/mol. The van der Waals surface area contributed by atoms with Crippen molar-refractivity contribution in [3.8, 4) is 0 Å². The van der Waals surface area contributed by atoms with Gasteiger partial charge in [-0.15, -0.1) is 0 Å². The quantitative estimate of drug-likeness (QED) is 0.861. The minimum absolute atomic E-state index is 0.0377. The van der Waals surface area contributed by atoms with Gasteiger partial charge in [-0.25, -0.2) is 4.79 Å². The summed E-state index contributed by atoms with van der Waals surface area (Å²) in [6, 6.07) is 9.67. The molecule has 1 aromatic carbocycles. The minimum atomic E-state index is -0.582. The Hall–Kier alpha value is -1.88. The molecule has 1 atom stereocenters. The summed E-state index contributed by atoms with van der Waals surface area (Å²) < 4.78 is 11.0. The Labute approximate surface area is 131 Å². The number of amides is 1. The number of piperidine rings is 1. The van der Waals surface area contributed by atoms with Gasteiger partial charge in [0.15, 0.2) is 5.78 Å². The Balaban J connectivity index is 1.91. The summed E-state index contributed by atoms with van der Waals surface area (Å²) in [5.74, 6) is 0.0377. The van der Waals surface area contributed by atoms with Gasteiger partial charge in [-0.05, 0) is 26.3 Å². The highest BCUT2D eigenvalue weighted by Crippen LogP contribution is 2.16. The normalized spacial score (nSPS) is 19.1. The number of carbonyl (C=O) groups is 2. The Morgan fingerprint density at radius 2 is 1.95 bits per heavy atom. The van der Waals surface area contributed by atoms with Gasteiger partial charge in [-0.1, -0.05) is 30.3 Å². The third kappa shape index (κ3) is 4.84. The number of carbonyl (C=O) groups excluding carboxylic acids is 2. The fourth-order valence-electron chi connectivity index (χ4n) is 2.21. The van der Waals surface area contributed by atoms with Crippen LogP contribution in [0.5, 0.6) is 0 Å². The maximum Gasteiger partial charge on any atom is 0.410 e. The molecule has 1 amide bonds. The predicted octanol–water partition coefficient (Wildman–Crippen LogP) is 2.78. The number of hydrogen-bond donors (Lipinski definition) is 0. The van der Waals surface area contributed by atoms with E-state index in [4.69, 9.17) is 9.47 Å². The van der Waals surface area contributed by atoms with Gasteiger partial charge in [-0.2, -0.15) is 0 Å². The van der Waals surface area contributed by atoms with Crippen LogP contribution in [-0.4, -0.2) is 41.6 Å². The van der Waals surface area contributed by atoms with E-state index in [9.17, 15) is 9.59 Å². The minimum Gasteiger partial charge on any atom is -0.444 e. The molecule has 0 aromatic heterocycles. The smallest absolute Gasteiger partial charge is 0.410 e. The first kappa shape index (κ1) is 16.5. The molecule has 1 fully saturated rings. The molecule has 0 aliphatic carbocycles. The molecule has 120 valence electrons. The Bertz CT molecular complexity index is 521. The second-order valence-corrected chi connectivity index (χ2v) is 6.43. The van der Waals surface area contributed by atoms with Crippen molar-refractivity contribution in [1.29, 1.82) is 0 Å². The second-order valence-electron chi connectivity index (χ2n) is 6.43. The number of benzene rings is 1. The molecular weight excluding hydrogens is 282 g/mol. The van der Waals surface area contributed by atoms with Gasteiger partial charge in [-0.3, -0.25) is 4.79 Å². The maximum absolute atomic E-state index is 12.1. The number of nitrogens with zero attached hydrogens (tertiary/aromatic N) is 1. The van der Waals surface area contributed by atoms with Crippen LogP contribution < -0.4 is 0 Å². The van der Waals surface area contributed by atoms with Gasteiger partial charge in [0.2, 0.25) is 0 Å². The molecule has 1 aliphatic rings. The van der Waals surface area contributed by atoms with Crippen LogP contribution in [0, 0.1) is 0 Å². The van der Waals surface area contributed by atoms with Crippen molar-refractivity contribution >= 4 is 11.9 Å². The van der Waals surface area contributed by atoms with E-state index in [1.165, 1.54) is 0 Å². The first-order valence-corrected chi connectivity index (χ1v) is 7.51. The summed E-state index contributed by atoms with van der Waals surface area (Å²) in [6.45, 7) is 6.47. The van der Waals surface area contributed by atoms with Crippen LogP contribution in [-0.2, 0) is 20.9 Å². The fourth-order valence-corrected chi connectivity index (χ4v) is 2.21. The molecule has 5 heteroatoms. The number of likely N-dealkylation sites (tertiary alicyclic amines) is 1. The Morgan fingerprint density at radius 3 is 2.59 bits per heavy atom. The van der Waals surface area contributed by atoms with Crippen LogP contribution in [0.4, 0.5) is 4.79 Å². The zero-order chi connectivity index (χ0) is 16.2. The monoisotopic (exact) mass is 305 g/mol. The van der Waals surface area contributed by atoms with E-state index in [1.807, 2.05) is 51.1 Å². The van der Waals surface area contributed by atoms with Gasteiger partial charge in [0.1, 0.15) is 11.7 Å². The van der Waals surface area contributed by atoms with Crippen molar-refractivity contribution in [1.82, 2.24) is 4.90 Å². The SMILES string of the molecule is CC(C)(C)OC(=O)N1CCC(=O)[C@@H](OCc2ccccc2)C1. The van der Waals surface area contributed by atoms with E-state index < -0.39 is 17.8 Å². The molecule has 1 aliphatic heterocycles. The summed E-state index contributed by atoms with van der Waals surface area (Å²) in [4.78, 5) is 25.6. The number of hydrogen-bond acceptors (Lipinski definition) is 4. The lowest BCUT2D eigenvalue weighted by molar-refractivity contribution is -0.136. The highest BCUT2D eigenvalue weighted by molar-refractivity contribution is 5.86. The molecule has 1 saturated heterocycles. The van der Waals surface area contributed by atoms with E-state index in [0.717, 1.165) is 5.56 Å². The van der Waals surface area contributed by atoms with Crippen LogP contribution >= 0.6 is 0 Å². The molecule has 0 spiro atoms. The molecule has 0 unspecified atom stereocenters. The first-order valence-electron chi connectivity index (χ1n) is 7.51. The maximum atomic E-state index is 12.1. The van der Waals surface area contributed by atoms with E-state index in [-0.39, 0.29) is 12.3 Å². The molecule has 1 aromatic rings. The lowest BCUT2D eigenvalue weighted by Crippen LogP contribution is -2.49. The molecule has 5 nitrogen and oxygen atoms in total. The van der Waals surface area contributed by atoms with E-state index >= 15 is 0 Å². The number of ether oxygens (including phenoxy) is 2. The van der Waals surface area contributed by atoms with Crippen molar-refractivity contribution in [2.75, 3.05) is 13.1 Å². The summed E-state index contributed by atoms with van der Waals surface area (Å²) in [7, 11) is 0. The van der Waals surface area contributed by atoms with Crippen LogP contribution in [0.1, 0.15) is 32.8 Å². The molecule has 0 saturated carbocycles. The molecule has 1 heterocycles. The lowest BCUT2D eigenvalue weighted by atomic mass is 10.1. The van der Waals surface area contributed by atoms with E-state index in [2.05, 4.69) is 0 Å². The fraction of sp³-hybridized carbons (Fsp3) is 0.529. The van der Waals surface area contributed by atoms with Crippen LogP contribution in [0.15, 0.2) is 30.3 Å². The van der Waals surface area contributed by atoms with Gasteiger partial charge >= 0.3 is 6.09 Å². The molecular formula is C17H23NO4. The summed E-state index contributed by atoms with van der Waals surface area (Å²) in [6.07, 6.45) is -0.673. The highest BCUT2D eigenvalue weighted by Gasteiger charge is 2.32. The first-order chi connectivity index (χ1) is 10.3. The summed E-state index contributed by atoms with van der Waals surface area (Å²) >= 11 is 0. The highest BCUT2D eigenvalue weighted by atomic mass is 16.6. The standard InChI is InChI=1S/C17H23NO4/c1-17(2,3)22-16(20)18-10-9-14(19)15(11-18)21-12-13-7-5-4-6-8-13/h4-8,15H,9-12H2,1-3H3/t15-/m0/s1. The van der Waals surface area contributed by atoms with Crippen molar-refractivity contribution in [3.63, 3.8) is 0 Å². The number of rotatable bonds is 3. The second kappa shape index (κ2) is 6.92. The zero-order valence-corrected chi connectivity index (χ0v) is 13.4. The van der Waals surface area contributed by atoms with Gasteiger partial charge < -0.3 is 14.4 Å². The van der Waals surface area contributed by atoms with Gasteiger partial charge in [0.25, 0.3) is 0 Å². The number of ketones is 1. The molecule has 0 N–H and O–H groups in total. The summed E-state index contributed by atoms with van der Waals surface area (Å²) in [5, 5.41) is 0. The van der Waals surface area contributed by atoms with Gasteiger partial charge in [0.05, 0.1) is 13.2 Å². The largest absolute Gasteiger partial charge is 0.444 e. The molecule has 0 bridgehead atoms. The zero-order valence-electron chi connectivity index (χ0n) is 13.4. The Kier molecular flexibility index (Phi) is 5.19. The lowest BCUT2D eigenvalue weighted by Gasteiger charge is -2.33. The van der Waals surface area contributed by atoms with Crippen molar-refractivity contribution in [2.45, 2.75) is 45.5 Å². The Morgan fingerprint density at radius 1 is 1.27 bits per heavy atom. The average Bonchev–Trinajstić information content (AvgIpc) is 2.45. The van der Waals surface area contributed by atoms with Crippen molar-refractivity contribution in [2.24, 2.45) is 0 Å². The van der Waals surface area contributed by atoms with Crippen LogP contribution in [0.25, 0.3) is 0 Å². The van der Waals surface area contributed by atoms with Crippen molar-refractivity contribution in [3.05, 3.63) is 35.9 Å². The van der Waals surface area contributed by atoms with Gasteiger partial charge in [0, 0.05) is 13.0 Å². The molecule has 22 heavy (non-hydrogen) atoms.